The van der Waals surface area contributed by atoms with Gasteiger partial charge in [-0.2, -0.15) is 0 Å². The molecule has 1 N–H and O–H groups in total. The first-order valence-electron chi connectivity index (χ1n) is 12.3. The van der Waals surface area contributed by atoms with E-state index in [1.807, 2.05) is 50.2 Å². The molecule has 0 spiro atoms. The molecule has 3 rings (SSSR count). The van der Waals surface area contributed by atoms with Gasteiger partial charge in [-0.1, -0.05) is 65.0 Å². The Kier molecular flexibility index (Phi) is 9.58. The number of halogens is 1. The molecule has 0 heterocycles. The Balaban J connectivity index is 1.89. The average molecular weight is 579 g/mol. The van der Waals surface area contributed by atoms with Crippen molar-refractivity contribution in [3.05, 3.63) is 63.6 Å². The van der Waals surface area contributed by atoms with Crippen molar-refractivity contribution in [1.29, 1.82) is 0 Å². The maximum Gasteiger partial charge on any atom is 0.244 e. The van der Waals surface area contributed by atoms with Crippen LogP contribution in [-0.4, -0.2) is 50.0 Å². The van der Waals surface area contributed by atoms with Gasteiger partial charge in [0.25, 0.3) is 0 Å². The van der Waals surface area contributed by atoms with Gasteiger partial charge in [-0.05, 0) is 62.9 Å². The summed E-state index contributed by atoms with van der Waals surface area (Å²) in [6, 6.07) is 12.3. The van der Waals surface area contributed by atoms with Crippen LogP contribution in [0.3, 0.4) is 0 Å². The molecule has 36 heavy (non-hydrogen) atoms. The van der Waals surface area contributed by atoms with Crippen LogP contribution in [0.1, 0.15) is 55.7 Å². The molecule has 1 atom stereocenters. The number of amides is 2. The van der Waals surface area contributed by atoms with Crippen molar-refractivity contribution < 1.29 is 18.0 Å². The van der Waals surface area contributed by atoms with Crippen molar-refractivity contribution in [1.82, 2.24) is 10.2 Å². The fourth-order valence-corrected chi connectivity index (χ4v) is 6.02. The number of carbonyl (C=O) groups is 2. The second-order valence-corrected chi connectivity index (χ2v) is 12.6. The lowest BCUT2D eigenvalue weighted by atomic mass is 9.95. The molecule has 7 nitrogen and oxygen atoms in total. The Labute approximate surface area is 223 Å². The van der Waals surface area contributed by atoms with E-state index >= 15 is 0 Å². The van der Waals surface area contributed by atoms with Gasteiger partial charge in [0.05, 0.1) is 11.9 Å². The minimum atomic E-state index is -3.75. The minimum absolute atomic E-state index is 0.110. The molecule has 0 aromatic heterocycles. The number of aryl methyl sites for hydroxylation is 2. The maximum atomic E-state index is 13.7. The summed E-state index contributed by atoms with van der Waals surface area (Å²) in [5, 5.41) is 3.11. The largest absolute Gasteiger partial charge is 0.352 e. The van der Waals surface area contributed by atoms with Crippen molar-refractivity contribution in [2.24, 2.45) is 0 Å². The molecule has 9 heteroatoms. The number of anilines is 1. The molecule has 1 aliphatic carbocycles. The third-order valence-corrected chi connectivity index (χ3v) is 8.28. The number of nitrogens with zero attached hydrogens (tertiary/aromatic N) is 2. The number of hydrogen-bond acceptors (Lipinski definition) is 4. The first kappa shape index (κ1) is 28.2. The second-order valence-electron chi connectivity index (χ2n) is 9.73. The van der Waals surface area contributed by atoms with Crippen LogP contribution < -0.4 is 9.62 Å². The van der Waals surface area contributed by atoms with Crippen LogP contribution in [0.5, 0.6) is 0 Å². The highest BCUT2D eigenvalue weighted by atomic mass is 79.9. The van der Waals surface area contributed by atoms with E-state index < -0.39 is 28.5 Å². The lowest BCUT2D eigenvalue weighted by Crippen LogP contribution is -2.53. The van der Waals surface area contributed by atoms with Gasteiger partial charge in [0.15, 0.2) is 0 Å². The molecule has 196 valence electrons. The van der Waals surface area contributed by atoms with Gasteiger partial charge in [0.2, 0.25) is 21.8 Å². The second kappa shape index (κ2) is 12.2. The monoisotopic (exact) mass is 577 g/mol. The van der Waals surface area contributed by atoms with E-state index in [0.29, 0.717) is 5.69 Å². The molecule has 1 unspecified atom stereocenters. The topological polar surface area (TPSA) is 86.8 Å². The Bertz CT molecular complexity index is 1200. The van der Waals surface area contributed by atoms with Gasteiger partial charge >= 0.3 is 0 Å². The van der Waals surface area contributed by atoms with Crippen molar-refractivity contribution in [3.8, 4) is 0 Å². The number of rotatable bonds is 9. The summed E-state index contributed by atoms with van der Waals surface area (Å²) in [5.74, 6) is -0.658. The highest BCUT2D eigenvalue weighted by Gasteiger charge is 2.31. The number of sulfonamides is 1. The third-order valence-electron chi connectivity index (χ3n) is 6.66. The lowest BCUT2D eigenvalue weighted by molar-refractivity contribution is -0.139. The van der Waals surface area contributed by atoms with Crippen LogP contribution in [0, 0.1) is 13.8 Å². The van der Waals surface area contributed by atoms with Gasteiger partial charge in [0.1, 0.15) is 12.6 Å². The Morgan fingerprint density at radius 1 is 1.08 bits per heavy atom. The Hall–Kier alpha value is -2.39. The molecule has 2 aromatic carbocycles. The highest BCUT2D eigenvalue weighted by molar-refractivity contribution is 9.10. The summed E-state index contributed by atoms with van der Waals surface area (Å²) in [6.45, 7) is 5.25. The van der Waals surface area contributed by atoms with E-state index in [9.17, 15) is 18.0 Å². The maximum absolute atomic E-state index is 13.7. The molecule has 0 bridgehead atoms. The summed E-state index contributed by atoms with van der Waals surface area (Å²) in [6.07, 6.45) is 6.31. The number of hydrogen-bond donors (Lipinski definition) is 1. The van der Waals surface area contributed by atoms with E-state index in [1.165, 1.54) is 11.3 Å². The summed E-state index contributed by atoms with van der Waals surface area (Å²) < 4.78 is 27.5. The summed E-state index contributed by atoms with van der Waals surface area (Å²) in [4.78, 5) is 28.4. The van der Waals surface area contributed by atoms with Crippen LogP contribution in [0.2, 0.25) is 0 Å². The van der Waals surface area contributed by atoms with Crippen LogP contribution in [0.25, 0.3) is 0 Å². The standard InChI is InChI=1S/C27H36BrN3O4S/c1-19-13-14-25(20(2)15-19)31(36(4,34)35)18-26(32)30(17-22-9-8-10-23(28)16-22)21(3)27(33)29-24-11-6-5-7-12-24/h8-10,13-16,21,24H,5-7,11-12,17-18H2,1-4H3,(H,29,33). The van der Waals surface area contributed by atoms with Crippen LogP contribution in [0.4, 0.5) is 5.69 Å². The van der Waals surface area contributed by atoms with Crippen molar-refractivity contribution >= 4 is 43.5 Å². The van der Waals surface area contributed by atoms with E-state index in [4.69, 9.17) is 0 Å². The van der Waals surface area contributed by atoms with Crippen molar-refractivity contribution in [2.45, 2.75) is 71.5 Å². The molecular weight excluding hydrogens is 542 g/mol. The van der Waals surface area contributed by atoms with E-state index in [1.54, 1.807) is 13.0 Å². The predicted octanol–water partition coefficient (Wildman–Crippen LogP) is 4.70. The molecule has 0 radical (unpaired) electrons. The predicted molar refractivity (Wildman–Crippen MR) is 147 cm³/mol. The molecule has 1 aliphatic rings. The summed E-state index contributed by atoms with van der Waals surface area (Å²) >= 11 is 3.46. The number of nitrogens with one attached hydrogen (secondary N) is 1. The SMILES string of the molecule is Cc1ccc(N(CC(=O)N(Cc2cccc(Br)c2)C(C)C(=O)NC2CCCCC2)S(C)(=O)=O)c(C)c1. The van der Waals surface area contributed by atoms with E-state index in [-0.39, 0.29) is 18.5 Å². The lowest BCUT2D eigenvalue weighted by Gasteiger charge is -2.33. The Morgan fingerprint density at radius 3 is 2.39 bits per heavy atom. The van der Waals surface area contributed by atoms with Crippen LogP contribution in [0.15, 0.2) is 46.9 Å². The van der Waals surface area contributed by atoms with Gasteiger partial charge < -0.3 is 10.2 Å². The van der Waals surface area contributed by atoms with Gasteiger partial charge in [-0.15, -0.1) is 0 Å². The Morgan fingerprint density at radius 2 is 1.78 bits per heavy atom. The minimum Gasteiger partial charge on any atom is -0.352 e. The average Bonchev–Trinajstić information content (AvgIpc) is 2.81. The third kappa shape index (κ3) is 7.56. The fraction of sp³-hybridized carbons (Fsp3) is 0.481. The zero-order valence-corrected chi connectivity index (χ0v) is 23.9. The molecule has 1 fully saturated rings. The van der Waals surface area contributed by atoms with E-state index in [2.05, 4.69) is 21.2 Å². The van der Waals surface area contributed by atoms with Crippen LogP contribution >= 0.6 is 15.9 Å². The molecule has 2 aromatic rings. The van der Waals surface area contributed by atoms with E-state index in [0.717, 1.165) is 57.4 Å². The van der Waals surface area contributed by atoms with Crippen molar-refractivity contribution in [2.75, 3.05) is 17.1 Å². The highest BCUT2D eigenvalue weighted by Crippen LogP contribution is 2.25. The normalized spacial score (nSPS) is 15.2. The van der Waals surface area contributed by atoms with Crippen molar-refractivity contribution in [3.63, 3.8) is 0 Å². The molecule has 1 saturated carbocycles. The first-order valence-corrected chi connectivity index (χ1v) is 15.0. The number of carbonyl (C=O) groups excluding carboxylic acids is 2. The molecule has 0 aliphatic heterocycles. The number of benzene rings is 2. The van der Waals surface area contributed by atoms with Gasteiger partial charge in [-0.25, -0.2) is 8.42 Å². The van der Waals surface area contributed by atoms with Gasteiger partial charge in [0, 0.05) is 17.1 Å². The quantitative estimate of drug-likeness (QED) is 0.468. The molecule has 2 amide bonds. The fourth-order valence-electron chi connectivity index (χ4n) is 4.66. The smallest absolute Gasteiger partial charge is 0.244 e. The first-order chi connectivity index (χ1) is 17.0. The summed E-state index contributed by atoms with van der Waals surface area (Å²) in [5.41, 5.74) is 3.06. The summed E-state index contributed by atoms with van der Waals surface area (Å²) in [7, 11) is -3.75. The molecular formula is C27H36BrN3O4S. The van der Waals surface area contributed by atoms with Crippen LogP contribution in [-0.2, 0) is 26.2 Å². The molecule has 0 saturated heterocycles. The zero-order chi connectivity index (χ0) is 26.5. The van der Waals surface area contributed by atoms with Gasteiger partial charge in [-0.3, -0.25) is 13.9 Å². The zero-order valence-electron chi connectivity index (χ0n) is 21.5.